The summed E-state index contributed by atoms with van der Waals surface area (Å²) in [5.74, 6) is -1.17. The van der Waals surface area contributed by atoms with Crippen LogP contribution in [0.5, 0.6) is 0 Å². The molecule has 0 aliphatic carbocycles. The van der Waals surface area contributed by atoms with Gasteiger partial charge in [-0.15, -0.1) is 0 Å². The number of carbonyl (C=O) groups is 1. The van der Waals surface area contributed by atoms with Crippen LogP contribution in [0.4, 0.5) is 14.5 Å². The van der Waals surface area contributed by atoms with Crippen molar-refractivity contribution in [1.82, 2.24) is 4.98 Å². The van der Waals surface area contributed by atoms with Gasteiger partial charge in [0.15, 0.2) is 0 Å². The Morgan fingerprint density at radius 1 is 1.67 bits per heavy atom. The van der Waals surface area contributed by atoms with Crippen LogP contribution in [0.15, 0.2) is 6.07 Å². The molecule has 1 aromatic rings. The Labute approximate surface area is 105 Å². The second kappa shape index (κ2) is 5.67. The molecule has 0 radical (unpaired) electrons. The number of esters is 1. The van der Waals surface area contributed by atoms with E-state index in [0.29, 0.717) is 6.07 Å². The molecule has 0 aliphatic heterocycles. The quantitative estimate of drug-likeness (QED) is 0.366. The van der Waals surface area contributed by atoms with Gasteiger partial charge in [-0.1, -0.05) is 11.6 Å². The molecule has 0 aliphatic rings. The van der Waals surface area contributed by atoms with Crippen molar-refractivity contribution in [2.75, 3.05) is 6.61 Å². The van der Waals surface area contributed by atoms with Gasteiger partial charge in [-0.25, -0.2) is 18.6 Å². The standard InChI is InChI=1S/C9H7ClF2N2O4/c1-2-18-9(15)6-7(14(16)17)4(8(11)12)3-5(10)13-6/h3,8H,2H2,1H3. The van der Waals surface area contributed by atoms with E-state index in [2.05, 4.69) is 9.72 Å². The van der Waals surface area contributed by atoms with Gasteiger partial charge in [-0.3, -0.25) is 10.1 Å². The van der Waals surface area contributed by atoms with Crippen molar-refractivity contribution in [3.63, 3.8) is 0 Å². The lowest BCUT2D eigenvalue weighted by Gasteiger charge is -2.06. The molecular weight excluding hydrogens is 274 g/mol. The van der Waals surface area contributed by atoms with Gasteiger partial charge in [-0.05, 0) is 13.0 Å². The van der Waals surface area contributed by atoms with Crippen molar-refractivity contribution >= 4 is 23.3 Å². The minimum Gasteiger partial charge on any atom is -0.461 e. The Morgan fingerprint density at radius 2 is 2.28 bits per heavy atom. The molecule has 0 spiro atoms. The van der Waals surface area contributed by atoms with Crippen molar-refractivity contribution < 1.29 is 23.2 Å². The number of ether oxygens (including phenoxy) is 1. The number of nitro groups is 1. The maximum atomic E-state index is 12.7. The van der Waals surface area contributed by atoms with Crippen LogP contribution in [-0.4, -0.2) is 22.5 Å². The Hall–Kier alpha value is -1.83. The van der Waals surface area contributed by atoms with E-state index >= 15 is 0 Å². The third-order valence-corrected chi connectivity index (χ3v) is 2.07. The van der Waals surface area contributed by atoms with E-state index in [0.717, 1.165) is 0 Å². The number of hydrogen-bond donors (Lipinski definition) is 0. The van der Waals surface area contributed by atoms with Crippen molar-refractivity contribution in [2.24, 2.45) is 0 Å². The van der Waals surface area contributed by atoms with Gasteiger partial charge in [0, 0.05) is 0 Å². The second-order valence-corrected chi connectivity index (χ2v) is 3.40. The third kappa shape index (κ3) is 2.89. The molecule has 1 aromatic heterocycles. The monoisotopic (exact) mass is 280 g/mol. The first-order valence-corrected chi connectivity index (χ1v) is 5.06. The highest BCUT2D eigenvalue weighted by molar-refractivity contribution is 6.29. The summed E-state index contributed by atoms with van der Waals surface area (Å²) >= 11 is 5.44. The average Bonchev–Trinajstić information content (AvgIpc) is 2.27. The van der Waals surface area contributed by atoms with Crippen LogP contribution in [-0.2, 0) is 4.74 Å². The summed E-state index contributed by atoms with van der Waals surface area (Å²) in [5.41, 5.74) is -2.89. The number of aromatic nitrogens is 1. The lowest BCUT2D eigenvalue weighted by atomic mass is 10.2. The summed E-state index contributed by atoms with van der Waals surface area (Å²) in [6.07, 6.45) is -3.15. The van der Waals surface area contributed by atoms with Gasteiger partial charge in [0.05, 0.1) is 11.5 Å². The molecule has 0 bridgehead atoms. The maximum Gasteiger partial charge on any atom is 0.364 e. The number of alkyl halides is 2. The lowest BCUT2D eigenvalue weighted by molar-refractivity contribution is -0.386. The summed E-state index contributed by atoms with van der Waals surface area (Å²) in [4.78, 5) is 24.4. The van der Waals surface area contributed by atoms with Crippen molar-refractivity contribution in [2.45, 2.75) is 13.3 Å². The van der Waals surface area contributed by atoms with E-state index in [9.17, 15) is 23.7 Å². The second-order valence-electron chi connectivity index (χ2n) is 3.01. The number of rotatable bonds is 4. The zero-order valence-electron chi connectivity index (χ0n) is 9.02. The highest BCUT2D eigenvalue weighted by Crippen LogP contribution is 2.33. The predicted molar refractivity (Wildman–Crippen MR) is 56.8 cm³/mol. The van der Waals surface area contributed by atoms with Crippen molar-refractivity contribution in [1.29, 1.82) is 0 Å². The number of halogens is 3. The summed E-state index contributed by atoms with van der Waals surface area (Å²) in [5, 5.41) is 10.3. The largest absolute Gasteiger partial charge is 0.461 e. The van der Waals surface area contributed by atoms with E-state index in [4.69, 9.17) is 11.6 Å². The van der Waals surface area contributed by atoms with Crippen LogP contribution in [0.3, 0.4) is 0 Å². The van der Waals surface area contributed by atoms with Crippen LogP contribution >= 0.6 is 11.6 Å². The molecule has 1 heterocycles. The van der Waals surface area contributed by atoms with E-state index in [1.165, 1.54) is 6.92 Å². The molecular formula is C9H7ClF2N2O4. The fraction of sp³-hybridized carbons (Fsp3) is 0.333. The molecule has 9 heteroatoms. The van der Waals surface area contributed by atoms with Crippen LogP contribution in [0.25, 0.3) is 0 Å². The molecule has 0 saturated carbocycles. The number of carbonyl (C=O) groups excluding carboxylic acids is 1. The topological polar surface area (TPSA) is 82.3 Å². The summed E-state index contributed by atoms with van der Waals surface area (Å²) in [6, 6.07) is 0.646. The molecule has 0 amide bonds. The van der Waals surface area contributed by atoms with Crippen molar-refractivity contribution in [3.05, 3.63) is 32.6 Å². The van der Waals surface area contributed by atoms with Crippen LogP contribution in [0.1, 0.15) is 29.4 Å². The molecule has 0 fully saturated rings. The van der Waals surface area contributed by atoms with E-state index < -0.39 is 39.4 Å². The molecule has 1 rings (SSSR count). The minimum absolute atomic E-state index is 0.0752. The highest BCUT2D eigenvalue weighted by atomic mass is 35.5. The molecule has 0 unspecified atom stereocenters. The van der Waals surface area contributed by atoms with E-state index in [1.54, 1.807) is 0 Å². The van der Waals surface area contributed by atoms with E-state index in [1.807, 2.05) is 0 Å². The first-order chi connectivity index (χ1) is 8.38. The molecule has 98 valence electrons. The summed E-state index contributed by atoms with van der Waals surface area (Å²) < 4.78 is 29.8. The highest BCUT2D eigenvalue weighted by Gasteiger charge is 2.32. The van der Waals surface area contributed by atoms with Gasteiger partial charge in [0.1, 0.15) is 10.7 Å². The Morgan fingerprint density at radius 3 is 2.72 bits per heavy atom. The normalized spacial score (nSPS) is 10.5. The van der Waals surface area contributed by atoms with Crippen molar-refractivity contribution in [3.8, 4) is 0 Å². The Kier molecular flexibility index (Phi) is 4.49. The average molecular weight is 281 g/mol. The van der Waals surface area contributed by atoms with Gasteiger partial charge >= 0.3 is 11.7 Å². The summed E-state index contributed by atoms with van der Waals surface area (Å²) in [7, 11) is 0. The molecule has 0 N–H and O–H groups in total. The van der Waals surface area contributed by atoms with Crippen LogP contribution in [0, 0.1) is 10.1 Å². The van der Waals surface area contributed by atoms with Gasteiger partial charge in [-0.2, -0.15) is 0 Å². The maximum absolute atomic E-state index is 12.7. The first-order valence-electron chi connectivity index (χ1n) is 4.68. The van der Waals surface area contributed by atoms with Crippen LogP contribution < -0.4 is 0 Å². The van der Waals surface area contributed by atoms with E-state index in [-0.39, 0.29) is 6.61 Å². The van der Waals surface area contributed by atoms with Gasteiger partial charge < -0.3 is 4.74 Å². The fourth-order valence-corrected chi connectivity index (χ4v) is 1.43. The Balaban J connectivity index is 3.48. The number of hydrogen-bond acceptors (Lipinski definition) is 5. The molecule has 0 aromatic carbocycles. The summed E-state index contributed by atoms with van der Waals surface area (Å²) in [6.45, 7) is 1.39. The third-order valence-electron chi connectivity index (χ3n) is 1.88. The molecule has 0 saturated heterocycles. The first kappa shape index (κ1) is 14.2. The number of nitrogens with zero attached hydrogens (tertiary/aromatic N) is 2. The minimum atomic E-state index is -3.15. The predicted octanol–water partition coefficient (Wildman–Crippen LogP) is 2.76. The smallest absolute Gasteiger partial charge is 0.364 e. The van der Waals surface area contributed by atoms with Gasteiger partial charge in [0.25, 0.3) is 6.43 Å². The zero-order valence-corrected chi connectivity index (χ0v) is 9.78. The lowest BCUT2D eigenvalue weighted by Crippen LogP contribution is -2.12. The zero-order chi connectivity index (χ0) is 13.9. The molecule has 6 nitrogen and oxygen atoms in total. The molecule has 0 atom stereocenters. The SMILES string of the molecule is CCOC(=O)c1nc(Cl)cc(C(F)F)c1[N+](=O)[O-]. The fourth-order valence-electron chi connectivity index (χ4n) is 1.23. The van der Waals surface area contributed by atoms with Gasteiger partial charge in [0.2, 0.25) is 5.69 Å². The molecule has 18 heavy (non-hydrogen) atoms. The number of pyridine rings is 1. The Bertz CT molecular complexity index is 496. The van der Waals surface area contributed by atoms with Crippen LogP contribution in [0.2, 0.25) is 5.15 Å².